The van der Waals surface area contributed by atoms with Crippen LogP contribution in [-0.4, -0.2) is 44.4 Å². The van der Waals surface area contributed by atoms with Crippen molar-refractivity contribution in [1.29, 1.82) is 0 Å². The molecule has 144 valence electrons. The number of halogens is 1. The van der Waals surface area contributed by atoms with E-state index in [0.29, 0.717) is 24.5 Å². The molecule has 8 heteroatoms. The highest BCUT2D eigenvalue weighted by molar-refractivity contribution is 5.94. The Morgan fingerprint density at radius 3 is 2.79 bits per heavy atom. The number of hydrogen-bond acceptors (Lipinski definition) is 4. The van der Waals surface area contributed by atoms with Gasteiger partial charge in [-0.2, -0.15) is 0 Å². The molecule has 1 aliphatic heterocycles. The third kappa shape index (κ3) is 3.71. The Labute approximate surface area is 161 Å². The van der Waals surface area contributed by atoms with E-state index in [1.807, 2.05) is 28.8 Å². The van der Waals surface area contributed by atoms with Crippen LogP contribution in [-0.2, 0) is 11.3 Å². The normalized spacial score (nSPS) is 16.9. The molecular formula is C20H20FN5O2. The van der Waals surface area contributed by atoms with Gasteiger partial charge in [-0.25, -0.2) is 4.39 Å². The van der Waals surface area contributed by atoms with Crippen molar-refractivity contribution in [2.75, 3.05) is 13.1 Å². The molecule has 1 aliphatic rings. The smallest absolute Gasteiger partial charge is 0.253 e. The summed E-state index contributed by atoms with van der Waals surface area (Å²) >= 11 is 0. The zero-order valence-electron chi connectivity index (χ0n) is 15.2. The summed E-state index contributed by atoms with van der Waals surface area (Å²) in [6.45, 7) is 1.21. The summed E-state index contributed by atoms with van der Waals surface area (Å²) in [5, 5.41) is 11.1. The largest absolute Gasteiger partial charge is 0.348 e. The molecule has 1 atom stereocenters. The Bertz CT molecular complexity index is 1000. The van der Waals surface area contributed by atoms with Gasteiger partial charge in [0, 0.05) is 24.8 Å². The second-order valence-corrected chi connectivity index (χ2v) is 6.86. The van der Waals surface area contributed by atoms with Crippen LogP contribution in [0.3, 0.4) is 0 Å². The van der Waals surface area contributed by atoms with Crippen LogP contribution in [0.5, 0.6) is 0 Å². The molecule has 0 aliphatic carbocycles. The predicted molar refractivity (Wildman–Crippen MR) is 99.9 cm³/mol. The van der Waals surface area contributed by atoms with Gasteiger partial charge in [0.05, 0.1) is 12.5 Å². The fraction of sp³-hybridized carbons (Fsp3) is 0.300. The Morgan fingerprint density at radius 1 is 1.14 bits per heavy atom. The molecule has 0 radical (unpaired) electrons. The lowest BCUT2D eigenvalue weighted by atomic mass is 9.96. The van der Waals surface area contributed by atoms with Crippen molar-refractivity contribution in [2.24, 2.45) is 5.92 Å². The van der Waals surface area contributed by atoms with Gasteiger partial charge in [-0.3, -0.25) is 14.0 Å². The van der Waals surface area contributed by atoms with Crippen molar-refractivity contribution in [3.05, 3.63) is 65.9 Å². The zero-order chi connectivity index (χ0) is 19.5. The van der Waals surface area contributed by atoms with Gasteiger partial charge in [0.25, 0.3) is 5.91 Å². The molecule has 2 amide bonds. The van der Waals surface area contributed by atoms with Crippen LogP contribution in [0.2, 0.25) is 0 Å². The number of amides is 2. The van der Waals surface area contributed by atoms with Crippen molar-refractivity contribution in [3.8, 4) is 0 Å². The third-order valence-electron chi connectivity index (χ3n) is 4.98. The number of aromatic nitrogens is 3. The summed E-state index contributed by atoms with van der Waals surface area (Å²) in [7, 11) is 0. The summed E-state index contributed by atoms with van der Waals surface area (Å²) in [6.07, 6.45) is 3.32. The topological polar surface area (TPSA) is 79.6 Å². The van der Waals surface area contributed by atoms with E-state index in [2.05, 4.69) is 15.5 Å². The van der Waals surface area contributed by atoms with Crippen LogP contribution >= 0.6 is 0 Å². The minimum Gasteiger partial charge on any atom is -0.348 e. The van der Waals surface area contributed by atoms with Crippen LogP contribution in [0.25, 0.3) is 5.65 Å². The molecule has 2 aromatic heterocycles. The van der Waals surface area contributed by atoms with Gasteiger partial charge in [-0.1, -0.05) is 6.07 Å². The number of fused-ring (bicyclic) bond motifs is 1. The molecule has 1 unspecified atom stereocenters. The lowest BCUT2D eigenvalue weighted by molar-refractivity contribution is -0.126. The highest BCUT2D eigenvalue weighted by Gasteiger charge is 2.29. The van der Waals surface area contributed by atoms with E-state index in [0.717, 1.165) is 18.5 Å². The number of likely N-dealkylation sites (tertiary alicyclic amines) is 1. The second-order valence-electron chi connectivity index (χ2n) is 6.86. The van der Waals surface area contributed by atoms with E-state index in [-0.39, 0.29) is 30.1 Å². The second kappa shape index (κ2) is 7.75. The van der Waals surface area contributed by atoms with Crippen molar-refractivity contribution < 1.29 is 14.0 Å². The molecule has 28 heavy (non-hydrogen) atoms. The number of nitrogens with zero attached hydrogens (tertiary/aromatic N) is 4. The quantitative estimate of drug-likeness (QED) is 0.750. The predicted octanol–water partition coefficient (Wildman–Crippen LogP) is 2.04. The first-order valence-electron chi connectivity index (χ1n) is 9.23. The molecule has 1 aromatic carbocycles. The highest BCUT2D eigenvalue weighted by atomic mass is 19.1. The molecule has 0 saturated carbocycles. The first-order chi connectivity index (χ1) is 13.6. The van der Waals surface area contributed by atoms with E-state index < -0.39 is 0 Å². The van der Waals surface area contributed by atoms with E-state index in [9.17, 15) is 14.0 Å². The van der Waals surface area contributed by atoms with Crippen LogP contribution in [0.1, 0.15) is 29.0 Å². The summed E-state index contributed by atoms with van der Waals surface area (Å²) < 4.78 is 14.9. The molecule has 1 fully saturated rings. The van der Waals surface area contributed by atoms with Crippen molar-refractivity contribution in [2.45, 2.75) is 19.4 Å². The Morgan fingerprint density at radius 2 is 1.96 bits per heavy atom. The summed E-state index contributed by atoms with van der Waals surface area (Å²) in [5.41, 5.74) is 1.15. The molecule has 3 heterocycles. The number of carbonyl (C=O) groups excluding carboxylic acids is 2. The van der Waals surface area contributed by atoms with Gasteiger partial charge in [0.1, 0.15) is 5.82 Å². The lowest BCUT2D eigenvalue weighted by Crippen LogP contribution is -2.45. The standard InChI is InChI=1S/C20H20FN5O2/c21-16-8-6-14(7-9-16)20(28)25-10-3-4-15(13-25)19(27)22-12-18-24-23-17-5-1-2-11-26(17)18/h1-2,5-9,11,15H,3-4,10,12-13H2,(H,22,27). The van der Waals surface area contributed by atoms with E-state index in [1.54, 1.807) is 4.90 Å². The molecule has 4 rings (SSSR count). The van der Waals surface area contributed by atoms with Gasteiger partial charge >= 0.3 is 0 Å². The molecule has 0 spiro atoms. The highest BCUT2D eigenvalue weighted by Crippen LogP contribution is 2.19. The van der Waals surface area contributed by atoms with Crippen LogP contribution in [0.15, 0.2) is 48.7 Å². The zero-order valence-corrected chi connectivity index (χ0v) is 15.2. The molecule has 3 aromatic rings. The fourth-order valence-corrected chi connectivity index (χ4v) is 3.47. The van der Waals surface area contributed by atoms with Crippen molar-refractivity contribution in [3.63, 3.8) is 0 Å². The third-order valence-corrected chi connectivity index (χ3v) is 4.98. The Hall–Kier alpha value is -3.29. The molecule has 0 bridgehead atoms. The van der Waals surface area contributed by atoms with Crippen LogP contribution in [0.4, 0.5) is 4.39 Å². The summed E-state index contributed by atoms with van der Waals surface area (Å²) in [5.74, 6) is -0.296. The Kier molecular flexibility index (Phi) is 5.01. The van der Waals surface area contributed by atoms with E-state index in [1.165, 1.54) is 24.3 Å². The SMILES string of the molecule is O=C(NCc1nnc2ccccn12)C1CCCN(C(=O)c2ccc(F)cc2)C1. The number of rotatable bonds is 4. The first-order valence-corrected chi connectivity index (χ1v) is 9.23. The maximum atomic E-state index is 13.1. The van der Waals surface area contributed by atoms with Gasteiger partial charge in [-0.05, 0) is 49.2 Å². The molecule has 1 saturated heterocycles. The average Bonchev–Trinajstić information content (AvgIpc) is 3.15. The fourth-order valence-electron chi connectivity index (χ4n) is 3.47. The lowest BCUT2D eigenvalue weighted by Gasteiger charge is -2.32. The summed E-state index contributed by atoms with van der Waals surface area (Å²) in [6, 6.07) is 11.1. The molecular weight excluding hydrogens is 361 g/mol. The maximum absolute atomic E-state index is 13.1. The first kappa shape index (κ1) is 18.1. The van der Waals surface area contributed by atoms with Gasteiger partial charge in [0.15, 0.2) is 11.5 Å². The number of nitrogens with one attached hydrogen (secondary N) is 1. The number of pyridine rings is 1. The number of piperidine rings is 1. The van der Waals surface area contributed by atoms with Crippen LogP contribution in [0, 0.1) is 11.7 Å². The minimum atomic E-state index is -0.381. The summed E-state index contributed by atoms with van der Waals surface area (Å²) in [4.78, 5) is 26.9. The van der Waals surface area contributed by atoms with E-state index >= 15 is 0 Å². The van der Waals surface area contributed by atoms with Crippen LogP contribution < -0.4 is 5.32 Å². The average molecular weight is 381 g/mol. The van der Waals surface area contributed by atoms with Gasteiger partial charge < -0.3 is 10.2 Å². The minimum absolute atomic E-state index is 0.107. The number of carbonyl (C=O) groups is 2. The maximum Gasteiger partial charge on any atom is 0.253 e. The van der Waals surface area contributed by atoms with Gasteiger partial charge in [0.2, 0.25) is 5.91 Å². The number of hydrogen-bond donors (Lipinski definition) is 1. The molecule has 7 nitrogen and oxygen atoms in total. The van der Waals surface area contributed by atoms with E-state index in [4.69, 9.17) is 0 Å². The van der Waals surface area contributed by atoms with Crippen molar-refractivity contribution in [1.82, 2.24) is 24.8 Å². The van der Waals surface area contributed by atoms with Gasteiger partial charge in [-0.15, -0.1) is 10.2 Å². The monoisotopic (exact) mass is 381 g/mol. The Balaban J connectivity index is 1.38. The molecule has 1 N–H and O–H groups in total. The van der Waals surface area contributed by atoms with Crippen molar-refractivity contribution >= 4 is 17.5 Å². The number of benzene rings is 1.